The highest BCUT2D eigenvalue weighted by Gasteiger charge is 2.10. The first-order valence-corrected chi connectivity index (χ1v) is 7.07. The molecule has 6 heteroatoms. The van der Waals surface area contributed by atoms with E-state index in [1.54, 1.807) is 26.5 Å². The van der Waals surface area contributed by atoms with Crippen molar-refractivity contribution >= 4 is 33.2 Å². The normalized spacial score (nSPS) is 10.2. The van der Waals surface area contributed by atoms with Crippen LogP contribution in [0.25, 0.3) is 0 Å². The Morgan fingerprint density at radius 1 is 1.25 bits per heavy atom. The van der Waals surface area contributed by atoms with Gasteiger partial charge in [0.1, 0.15) is 5.69 Å². The zero-order valence-electron chi connectivity index (χ0n) is 11.1. The Labute approximate surface area is 131 Å². The molecule has 2 rings (SSSR count). The van der Waals surface area contributed by atoms with E-state index in [-0.39, 0.29) is 0 Å². The van der Waals surface area contributed by atoms with Crippen LogP contribution in [-0.2, 0) is 6.54 Å². The Bertz CT molecular complexity index is 608. The zero-order chi connectivity index (χ0) is 14.5. The highest BCUT2D eigenvalue weighted by Crippen LogP contribution is 2.30. The molecule has 4 nitrogen and oxygen atoms in total. The number of nitrogens with zero attached hydrogens (tertiary/aromatic N) is 1. The van der Waals surface area contributed by atoms with Gasteiger partial charge in [-0.1, -0.05) is 11.6 Å². The Morgan fingerprint density at radius 3 is 2.70 bits per heavy atom. The van der Waals surface area contributed by atoms with E-state index in [2.05, 4.69) is 26.2 Å². The molecule has 0 aliphatic heterocycles. The maximum absolute atomic E-state index is 5.96. The molecule has 0 bridgehead atoms. The van der Waals surface area contributed by atoms with Gasteiger partial charge in [0, 0.05) is 22.4 Å². The molecule has 0 amide bonds. The lowest BCUT2D eigenvalue weighted by atomic mass is 10.2. The van der Waals surface area contributed by atoms with Crippen LogP contribution in [0.4, 0.5) is 5.69 Å². The number of pyridine rings is 1. The molecule has 0 saturated carbocycles. The van der Waals surface area contributed by atoms with Crippen molar-refractivity contribution in [2.24, 2.45) is 0 Å². The van der Waals surface area contributed by atoms with Gasteiger partial charge in [0.2, 0.25) is 0 Å². The second-order valence-electron chi connectivity index (χ2n) is 3.98. The van der Waals surface area contributed by atoms with Crippen LogP contribution in [0.3, 0.4) is 0 Å². The summed E-state index contributed by atoms with van der Waals surface area (Å²) in [6.07, 6.45) is 1.69. The van der Waals surface area contributed by atoms with Gasteiger partial charge in [0.25, 0.3) is 0 Å². The third kappa shape index (κ3) is 3.35. The topological polar surface area (TPSA) is 43.4 Å². The number of hydrogen-bond donors (Lipinski definition) is 1. The van der Waals surface area contributed by atoms with E-state index in [1.807, 2.05) is 18.2 Å². The summed E-state index contributed by atoms with van der Waals surface area (Å²) in [6, 6.07) is 7.40. The average molecular weight is 358 g/mol. The minimum Gasteiger partial charge on any atom is -0.493 e. The van der Waals surface area contributed by atoms with E-state index in [0.29, 0.717) is 23.1 Å². The molecule has 106 valence electrons. The van der Waals surface area contributed by atoms with Gasteiger partial charge >= 0.3 is 0 Å². The van der Waals surface area contributed by atoms with Crippen LogP contribution in [0.1, 0.15) is 5.69 Å². The third-order valence-corrected chi connectivity index (χ3v) is 3.96. The molecule has 1 heterocycles. The summed E-state index contributed by atoms with van der Waals surface area (Å²) in [5.41, 5.74) is 1.71. The van der Waals surface area contributed by atoms with Crippen molar-refractivity contribution in [3.8, 4) is 11.5 Å². The first-order chi connectivity index (χ1) is 9.65. The summed E-state index contributed by atoms with van der Waals surface area (Å²) in [5, 5.41) is 3.94. The minimum atomic E-state index is 0.522. The van der Waals surface area contributed by atoms with Crippen LogP contribution >= 0.6 is 27.5 Å². The summed E-state index contributed by atoms with van der Waals surface area (Å²) in [6.45, 7) is 0.522. The van der Waals surface area contributed by atoms with Crippen LogP contribution in [0.5, 0.6) is 11.5 Å². The standard InChI is InChI=1S/C14H14BrClN2O2/c1-19-13-5-6-17-12(14(13)20-2)8-18-9-3-4-11(16)10(15)7-9/h3-7,18H,8H2,1-2H3. The SMILES string of the molecule is COc1ccnc(CNc2ccc(Cl)c(Br)c2)c1OC. The maximum Gasteiger partial charge on any atom is 0.184 e. The lowest BCUT2D eigenvalue weighted by Crippen LogP contribution is -2.05. The fourth-order valence-electron chi connectivity index (χ4n) is 1.77. The fourth-order valence-corrected chi connectivity index (χ4v) is 2.26. The largest absolute Gasteiger partial charge is 0.493 e. The molecule has 0 atom stereocenters. The van der Waals surface area contributed by atoms with Crippen LogP contribution in [0, 0.1) is 0 Å². The highest BCUT2D eigenvalue weighted by molar-refractivity contribution is 9.10. The second-order valence-corrected chi connectivity index (χ2v) is 5.24. The Morgan fingerprint density at radius 2 is 2.05 bits per heavy atom. The lowest BCUT2D eigenvalue weighted by molar-refractivity contribution is 0.350. The van der Waals surface area contributed by atoms with Crippen LogP contribution in [-0.4, -0.2) is 19.2 Å². The van der Waals surface area contributed by atoms with Gasteiger partial charge in [0.05, 0.1) is 25.8 Å². The van der Waals surface area contributed by atoms with Crippen LogP contribution in [0.15, 0.2) is 34.9 Å². The number of anilines is 1. The number of ether oxygens (including phenoxy) is 2. The number of rotatable bonds is 5. The van der Waals surface area contributed by atoms with E-state index < -0.39 is 0 Å². The van der Waals surface area contributed by atoms with Crippen molar-refractivity contribution in [2.45, 2.75) is 6.54 Å². The van der Waals surface area contributed by atoms with Crippen molar-refractivity contribution in [2.75, 3.05) is 19.5 Å². The molecule has 0 aliphatic carbocycles. The van der Waals surface area contributed by atoms with Crippen molar-refractivity contribution < 1.29 is 9.47 Å². The smallest absolute Gasteiger partial charge is 0.184 e. The summed E-state index contributed by atoms with van der Waals surface area (Å²) >= 11 is 9.35. The van der Waals surface area contributed by atoms with Crippen molar-refractivity contribution in [3.63, 3.8) is 0 Å². The fraction of sp³-hybridized carbons (Fsp3) is 0.214. The second kappa shape index (κ2) is 6.81. The average Bonchev–Trinajstić information content (AvgIpc) is 2.47. The van der Waals surface area contributed by atoms with E-state index >= 15 is 0 Å². The molecule has 0 spiro atoms. The lowest BCUT2D eigenvalue weighted by Gasteiger charge is -2.13. The molecule has 1 N–H and O–H groups in total. The molecule has 1 aromatic carbocycles. The Hall–Kier alpha value is -1.46. The number of halogens is 2. The molecule has 0 unspecified atom stereocenters. The van der Waals surface area contributed by atoms with Gasteiger partial charge in [0.15, 0.2) is 11.5 Å². The summed E-state index contributed by atoms with van der Waals surface area (Å²) in [5.74, 6) is 1.30. The molecule has 0 aliphatic rings. The first-order valence-electron chi connectivity index (χ1n) is 5.90. The quantitative estimate of drug-likeness (QED) is 0.874. The maximum atomic E-state index is 5.96. The summed E-state index contributed by atoms with van der Waals surface area (Å²) in [4.78, 5) is 4.31. The number of nitrogens with one attached hydrogen (secondary N) is 1. The van der Waals surface area contributed by atoms with Gasteiger partial charge in [-0.25, -0.2) is 0 Å². The molecule has 1 aromatic heterocycles. The van der Waals surface area contributed by atoms with Crippen molar-refractivity contribution in [1.82, 2.24) is 4.98 Å². The highest BCUT2D eigenvalue weighted by atomic mass is 79.9. The van der Waals surface area contributed by atoms with E-state index in [9.17, 15) is 0 Å². The summed E-state index contributed by atoms with van der Waals surface area (Å²) < 4.78 is 11.4. The van der Waals surface area contributed by atoms with Gasteiger partial charge in [-0.3, -0.25) is 4.98 Å². The number of methoxy groups -OCH3 is 2. The number of hydrogen-bond acceptors (Lipinski definition) is 4. The van der Waals surface area contributed by atoms with E-state index in [1.165, 1.54) is 0 Å². The third-order valence-electron chi connectivity index (χ3n) is 2.75. The molecule has 20 heavy (non-hydrogen) atoms. The van der Waals surface area contributed by atoms with Crippen LogP contribution in [0.2, 0.25) is 5.02 Å². The molecular formula is C14H14BrClN2O2. The molecule has 0 radical (unpaired) electrons. The monoisotopic (exact) mass is 356 g/mol. The number of aromatic nitrogens is 1. The molecule has 0 fully saturated rings. The van der Waals surface area contributed by atoms with E-state index in [4.69, 9.17) is 21.1 Å². The molecular weight excluding hydrogens is 344 g/mol. The Kier molecular flexibility index (Phi) is 5.09. The van der Waals surface area contributed by atoms with Gasteiger partial charge in [-0.05, 0) is 34.1 Å². The zero-order valence-corrected chi connectivity index (χ0v) is 13.5. The summed E-state index contributed by atoms with van der Waals surface area (Å²) in [7, 11) is 3.20. The minimum absolute atomic E-state index is 0.522. The predicted octanol–water partition coefficient (Wildman–Crippen LogP) is 4.13. The predicted molar refractivity (Wildman–Crippen MR) is 83.8 cm³/mol. The van der Waals surface area contributed by atoms with Crippen molar-refractivity contribution in [1.29, 1.82) is 0 Å². The van der Waals surface area contributed by atoms with Gasteiger partial charge in [-0.2, -0.15) is 0 Å². The molecule has 2 aromatic rings. The van der Waals surface area contributed by atoms with Crippen molar-refractivity contribution in [3.05, 3.63) is 45.7 Å². The molecule has 0 saturated heterocycles. The Balaban J connectivity index is 2.16. The van der Waals surface area contributed by atoms with Crippen LogP contribution < -0.4 is 14.8 Å². The first kappa shape index (κ1) is 14.9. The number of benzene rings is 1. The van der Waals surface area contributed by atoms with Gasteiger partial charge < -0.3 is 14.8 Å². The van der Waals surface area contributed by atoms with Gasteiger partial charge in [-0.15, -0.1) is 0 Å². The van der Waals surface area contributed by atoms with E-state index in [0.717, 1.165) is 15.9 Å².